The molecular weight excluding hydrogens is 295 g/mol. The van der Waals surface area contributed by atoms with E-state index in [2.05, 4.69) is 15.3 Å². The van der Waals surface area contributed by atoms with Gasteiger partial charge in [-0.15, -0.1) is 0 Å². The number of hydrogen-bond donors (Lipinski definition) is 1. The van der Waals surface area contributed by atoms with Crippen LogP contribution in [0.3, 0.4) is 0 Å². The molecule has 1 aromatic carbocycles. The van der Waals surface area contributed by atoms with Gasteiger partial charge in [-0.2, -0.15) is 4.98 Å². The third kappa shape index (κ3) is 2.54. The van der Waals surface area contributed by atoms with Crippen LogP contribution >= 0.6 is 11.6 Å². The number of nitrogens with one attached hydrogen (secondary N) is 1. The highest BCUT2D eigenvalue weighted by Crippen LogP contribution is 2.36. The molecule has 2 aromatic rings. The van der Waals surface area contributed by atoms with E-state index in [-0.39, 0.29) is 11.8 Å². The SMILES string of the molecule is CC1(F)CN(c2ccccc2)c2nc(Cl)ncc2NC1=O. The Bertz CT molecular complexity index is 693. The third-order valence-corrected chi connectivity index (χ3v) is 3.42. The zero-order valence-electron chi connectivity index (χ0n) is 11.2. The second-order valence-corrected chi connectivity index (χ2v) is 5.29. The van der Waals surface area contributed by atoms with Gasteiger partial charge in [0.2, 0.25) is 11.0 Å². The van der Waals surface area contributed by atoms with Crippen LogP contribution in [0.1, 0.15) is 6.92 Å². The molecule has 108 valence electrons. The fourth-order valence-corrected chi connectivity index (χ4v) is 2.29. The van der Waals surface area contributed by atoms with E-state index in [0.717, 1.165) is 0 Å². The molecule has 1 unspecified atom stereocenters. The summed E-state index contributed by atoms with van der Waals surface area (Å²) in [4.78, 5) is 21.5. The summed E-state index contributed by atoms with van der Waals surface area (Å²) in [6.07, 6.45) is 1.37. The highest BCUT2D eigenvalue weighted by Gasteiger charge is 2.40. The average Bonchev–Trinajstić information content (AvgIpc) is 2.56. The third-order valence-electron chi connectivity index (χ3n) is 3.24. The maximum Gasteiger partial charge on any atom is 0.263 e. The van der Waals surface area contributed by atoms with Gasteiger partial charge in [0, 0.05) is 5.69 Å². The minimum Gasteiger partial charge on any atom is -0.321 e. The lowest BCUT2D eigenvalue weighted by Gasteiger charge is -2.26. The van der Waals surface area contributed by atoms with Crippen molar-refractivity contribution in [2.75, 3.05) is 16.8 Å². The summed E-state index contributed by atoms with van der Waals surface area (Å²) in [5, 5.41) is 2.53. The number of carbonyl (C=O) groups excluding carboxylic acids is 1. The van der Waals surface area contributed by atoms with E-state index in [1.54, 1.807) is 4.90 Å². The molecule has 2 heterocycles. The zero-order chi connectivity index (χ0) is 15.0. The monoisotopic (exact) mass is 306 g/mol. The maximum absolute atomic E-state index is 14.6. The van der Waals surface area contributed by atoms with Gasteiger partial charge in [0.25, 0.3) is 5.91 Å². The van der Waals surface area contributed by atoms with Crippen molar-refractivity contribution in [2.24, 2.45) is 0 Å². The fraction of sp³-hybridized carbons (Fsp3) is 0.214. The Kier molecular flexibility index (Phi) is 3.25. The average molecular weight is 307 g/mol. The van der Waals surface area contributed by atoms with Crippen molar-refractivity contribution in [1.82, 2.24) is 9.97 Å². The van der Waals surface area contributed by atoms with Gasteiger partial charge < -0.3 is 10.2 Å². The molecule has 0 fully saturated rings. The first kappa shape index (κ1) is 13.8. The normalized spacial score (nSPS) is 21.5. The van der Waals surface area contributed by atoms with E-state index in [1.807, 2.05) is 30.3 Å². The molecule has 1 aliphatic rings. The summed E-state index contributed by atoms with van der Waals surface area (Å²) < 4.78 is 14.6. The van der Waals surface area contributed by atoms with E-state index in [9.17, 15) is 9.18 Å². The molecule has 1 N–H and O–H groups in total. The summed E-state index contributed by atoms with van der Waals surface area (Å²) in [7, 11) is 0. The van der Waals surface area contributed by atoms with Gasteiger partial charge in [0.05, 0.1) is 12.7 Å². The largest absolute Gasteiger partial charge is 0.321 e. The van der Waals surface area contributed by atoms with E-state index < -0.39 is 11.6 Å². The summed E-state index contributed by atoms with van der Waals surface area (Å²) in [5.41, 5.74) is -1.02. The Morgan fingerprint density at radius 3 is 2.81 bits per heavy atom. The molecule has 7 heteroatoms. The van der Waals surface area contributed by atoms with Crippen molar-refractivity contribution in [3.05, 3.63) is 41.8 Å². The molecule has 21 heavy (non-hydrogen) atoms. The van der Waals surface area contributed by atoms with E-state index in [4.69, 9.17) is 11.6 Å². The van der Waals surface area contributed by atoms with Crippen LogP contribution in [0.25, 0.3) is 0 Å². The van der Waals surface area contributed by atoms with Crippen LogP contribution in [0.5, 0.6) is 0 Å². The van der Waals surface area contributed by atoms with Crippen molar-refractivity contribution in [3.63, 3.8) is 0 Å². The molecule has 1 amide bonds. The number of nitrogens with zero attached hydrogens (tertiary/aromatic N) is 3. The molecule has 0 saturated heterocycles. The quantitative estimate of drug-likeness (QED) is 0.823. The highest BCUT2D eigenvalue weighted by molar-refractivity contribution is 6.28. The second-order valence-electron chi connectivity index (χ2n) is 4.95. The number of para-hydroxylation sites is 1. The number of benzene rings is 1. The van der Waals surface area contributed by atoms with Crippen LogP contribution in [0, 0.1) is 0 Å². The number of fused-ring (bicyclic) bond motifs is 1. The van der Waals surface area contributed by atoms with Gasteiger partial charge in [-0.1, -0.05) is 18.2 Å². The first-order valence-corrected chi connectivity index (χ1v) is 6.71. The van der Waals surface area contributed by atoms with E-state index in [1.165, 1.54) is 13.1 Å². The molecule has 0 spiro atoms. The number of rotatable bonds is 1. The maximum atomic E-state index is 14.6. The molecule has 5 nitrogen and oxygen atoms in total. The van der Waals surface area contributed by atoms with Gasteiger partial charge >= 0.3 is 0 Å². The van der Waals surface area contributed by atoms with Crippen molar-refractivity contribution in [3.8, 4) is 0 Å². The Morgan fingerprint density at radius 2 is 2.10 bits per heavy atom. The predicted octanol–water partition coefficient (Wildman–Crippen LogP) is 2.95. The minimum absolute atomic E-state index is 0.0337. The van der Waals surface area contributed by atoms with Gasteiger partial charge in [0.15, 0.2) is 5.82 Å². The fourth-order valence-electron chi connectivity index (χ4n) is 2.16. The highest BCUT2D eigenvalue weighted by atomic mass is 35.5. The molecule has 0 aliphatic carbocycles. The summed E-state index contributed by atoms with van der Waals surface area (Å²) >= 11 is 5.83. The lowest BCUT2D eigenvalue weighted by atomic mass is 10.1. The molecule has 1 aromatic heterocycles. The number of anilines is 3. The number of amides is 1. The van der Waals surface area contributed by atoms with Crippen LogP contribution in [0.4, 0.5) is 21.6 Å². The van der Waals surface area contributed by atoms with Crippen molar-refractivity contribution in [2.45, 2.75) is 12.6 Å². The number of alkyl halides is 1. The second kappa shape index (κ2) is 4.96. The van der Waals surface area contributed by atoms with Crippen LogP contribution in [0.15, 0.2) is 36.5 Å². The van der Waals surface area contributed by atoms with Crippen molar-refractivity contribution >= 4 is 34.7 Å². The topological polar surface area (TPSA) is 58.1 Å². The minimum atomic E-state index is -2.07. The molecule has 1 atom stereocenters. The summed E-state index contributed by atoms with van der Waals surface area (Å²) in [5.74, 6) is -0.357. The zero-order valence-corrected chi connectivity index (χ0v) is 11.9. The number of hydrogen-bond acceptors (Lipinski definition) is 4. The van der Waals surface area contributed by atoms with Gasteiger partial charge in [-0.25, -0.2) is 9.37 Å². The van der Waals surface area contributed by atoms with Crippen LogP contribution in [-0.2, 0) is 4.79 Å². The van der Waals surface area contributed by atoms with E-state index in [0.29, 0.717) is 17.2 Å². The lowest BCUT2D eigenvalue weighted by Crippen LogP contribution is -2.42. The van der Waals surface area contributed by atoms with Gasteiger partial charge in [-0.05, 0) is 30.7 Å². The number of aromatic nitrogens is 2. The first-order chi connectivity index (χ1) is 9.97. The van der Waals surface area contributed by atoms with E-state index >= 15 is 0 Å². The smallest absolute Gasteiger partial charge is 0.263 e. The van der Waals surface area contributed by atoms with Crippen LogP contribution in [-0.4, -0.2) is 28.1 Å². The molecule has 1 aliphatic heterocycles. The standard InChI is InChI=1S/C14H12ClFN4O/c1-14(16)8-20(9-5-3-2-4-6-9)11-10(18-12(14)21)7-17-13(15)19-11/h2-7H,8H2,1H3,(H,18,21). The van der Waals surface area contributed by atoms with Gasteiger partial charge in [-0.3, -0.25) is 4.79 Å². The molecule has 0 radical (unpaired) electrons. The Labute approximate surface area is 125 Å². The first-order valence-electron chi connectivity index (χ1n) is 6.33. The van der Waals surface area contributed by atoms with Crippen molar-refractivity contribution in [1.29, 1.82) is 0 Å². The molecular formula is C14H12ClFN4O. The molecule has 3 rings (SSSR count). The number of halogens is 2. The number of carbonyl (C=O) groups is 1. The Morgan fingerprint density at radius 1 is 1.38 bits per heavy atom. The molecule has 0 bridgehead atoms. The Balaban J connectivity index is 2.17. The summed E-state index contributed by atoms with van der Waals surface area (Å²) in [6, 6.07) is 9.13. The van der Waals surface area contributed by atoms with Crippen molar-refractivity contribution < 1.29 is 9.18 Å². The molecule has 0 saturated carbocycles. The predicted molar refractivity (Wildman–Crippen MR) is 78.6 cm³/mol. The Hall–Kier alpha value is -2.21. The lowest BCUT2D eigenvalue weighted by molar-refractivity contribution is -0.125. The van der Waals surface area contributed by atoms with Crippen LogP contribution in [0.2, 0.25) is 5.28 Å². The van der Waals surface area contributed by atoms with Gasteiger partial charge in [0.1, 0.15) is 5.69 Å². The summed E-state index contributed by atoms with van der Waals surface area (Å²) in [6.45, 7) is 1.07. The van der Waals surface area contributed by atoms with Crippen LogP contribution < -0.4 is 10.2 Å².